The molecule has 0 bridgehead atoms. The van der Waals surface area contributed by atoms with E-state index >= 15 is 0 Å². The maximum absolute atomic E-state index is 11.9. The molecule has 2 aromatic carbocycles. The molecule has 0 aliphatic heterocycles. The van der Waals surface area contributed by atoms with Crippen molar-refractivity contribution in [3.05, 3.63) is 69.7 Å². The van der Waals surface area contributed by atoms with Crippen LogP contribution in [0.3, 0.4) is 0 Å². The summed E-state index contributed by atoms with van der Waals surface area (Å²) < 4.78 is 1.96. The normalized spacial score (nSPS) is 11.2. The fraction of sp³-hybridized carbons (Fsp3) is 0.100. The number of carbonyl (C=O) groups excluding carboxylic acids is 1. The zero-order chi connectivity index (χ0) is 17.6. The van der Waals surface area contributed by atoms with Gasteiger partial charge in [0.05, 0.1) is 5.69 Å². The average Bonchev–Trinajstić information content (AvgIpc) is 3.12. The van der Waals surface area contributed by atoms with E-state index < -0.39 is 0 Å². The van der Waals surface area contributed by atoms with Gasteiger partial charge in [0.2, 0.25) is 0 Å². The number of halogens is 1. The Hall–Kier alpha value is -2.43. The third kappa shape index (κ3) is 2.58. The first-order valence-electron chi connectivity index (χ1n) is 7.89. The predicted molar refractivity (Wildman–Crippen MR) is 104 cm³/mol. The van der Waals surface area contributed by atoms with Crippen LogP contribution in [0, 0.1) is 13.8 Å². The Bertz CT molecular complexity index is 1100. The monoisotopic (exact) mass is 366 g/mol. The topological polar surface area (TPSA) is 34.4 Å². The molecule has 0 radical (unpaired) electrons. The number of aldehydes is 1. The molecular formula is C20H15ClN2OS. The molecule has 124 valence electrons. The molecule has 0 unspecified atom stereocenters. The van der Waals surface area contributed by atoms with Gasteiger partial charge >= 0.3 is 0 Å². The van der Waals surface area contributed by atoms with E-state index in [0.717, 1.165) is 43.5 Å². The fourth-order valence-corrected chi connectivity index (χ4v) is 4.20. The molecule has 0 atom stereocenters. The number of carbonyl (C=O) groups is 1. The molecule has 5 heteroatoms. The van der Waals surface area contributed by atoms with Gasteiger partial charge in [-0.3, -0.25) is 9.20 Å². The maximum atomic E-state index is 11.9. The Labute approximate surface area is 154 Å². The van der Waals surface area contributed by atoms with Crippen LogP contribution in [0.15, 0.2) is 48.5 Å². The molecule has 0 spiro atoms. The van der Waals surface area contributed by atoms with E-state index in [4.69, 9.17) is 16.6 Å². The van der Waals surface area contributed by atoms with Gasteiger partial charge in [0, 0.05) is 21.0 Å². The average molecular weight is 367 g/mol. The zero-order valence-corrected chi connectivity index (χ0v) is 15.4. The van der Waals surface area contributed by atoms with Gasteiger partial charge < -0.3 is 0 Å². The summed E-state index contributed by atoms with van der Waals surface area (Å²) in [5, 5.41) is 0.735. The van der Waals surface area contributed by atoms with Crippen molar-refractivity contribution in [2.75, 3.05) is 0 Å². The summed E-state index contributed by atoms with van der Waals surface area (Å²) >= 11 is 7.76. The van der Waals surface area contributed by atoms with E-state index in [-0.39, 0.29) is 0 Å². The maximum Gasteiger partial charge on any atom is 0.195 e. The summed E-state index contributed by atoms with van der Waals surface area (Å²) in [5.74, 6) is 0. The number of hydrogen-bond donors (Lipinski definition) is 0. The van der Waals surface area contributed by atoms with Crippen LogP contribution < -0.4 is 0 Å². The quantitative estimate of drug-likeness (QED) is 0.428. The van der Waals surface area contributed by atoms with E-state index in [9.17, 15) is 4.79 Å². The highest BCUT2D eigenvalue weighted by atomic mass is 35.5. The molecule has 2 aromatic heterocycles. The van der Waals surface area contributed by atoms with Crippen molar-refractivity contribution in [1.82, 2.24) is 9.38 Å². The molecular weight excluding hydrogens is 352 g/mol. The van der Waals surface area contributed by atoms with Crippen LogP contribution in [0.25, 0.3) is 27.5 Å². The summed E-state index contributed by atoms with van der Waals surface area (Å²) in [6, 6.07) is 15.7. The number of thiazole rings is 1. The van der Waals surface area contributed by atoms with Crippen molar-refractivity contribution in [3.8, 4) is 22.5 Å². The van der Waals surface area contributed by atoms with E-state index in [1.807, 2.05) is 59.9 Å². The van der Waals surface area contributed by atoms with Crippen molar-refractivity contribution in [2.24, 2.45) is 0 Å². The first-order chi connectivity index (χ1) is 12.1. The second-order valence-electron chi connectivity index (χ2n) is 5.92. The largest absolute Gasteiger partial charge is 0.296 e. The molecule has 3 nitrogen and oxygen atoms in total. The molecule has 4 aromatic rings. The lowest BCUT2D eigenvalue weighted by Crippen LogP contribution is -1.95. The number of benzene rings is 2. The van der Waals surface area contributed by atoms with Crippen LogP contribution in [0.5, 0.6) is 0 Å². The molecule has 25 heavy (non-hydrogen) atoms. The second kappa shape index (κ2) is 6.14. The minimum atomic E-state index is 0.577. The number of nitrogens with zero attached hydrogens (tertiary/aromatic N) is 2. The summed E-state index contributed by atoms with van der Waals surface area (Å²) in [6.45, 7) is 4.03. The SMILES string of the molecule is Cc1cc(-c2c(C)sc3nc(-c4ccccc4)c(C=O)n23)ccc1Cl. The minimum absolute atomic E-state index is 0.577. The number of aryl methyl sites for hydroxylation is 2. The van der Waals surface area contributed by atoms with Gasteiger partial charge in [0.25, 0.3) is 0 Å². The molecule has 0 aliphatic carbocycles. The Morgan fingerprint density at radius 1 is 1.08 bits per heavy atom. The Balaban J connectivity index is 2.02. The van der Waals surface area contributed by atoms with Gasteiger partial charge in [0.1, 0.15) is 11.4 Å². The Kier molecular flexibility index (Phi) is 3.94. The van der Waals surface area contributed by atoms with Crippen molar-refractivity contribution >= 4 is 34.2 Å². The van der Waals surface area contributed by atoms with Gasteiger partial charge in [-0.15, -0.1) is 11.3 Å². The molecule has 0 fully saturated rings. The van der Waals surface area contributed by atoms with E-state index in [1.54, 1.807) is 11.3 Å². The lowest BCUT2D eigenvalue weighted by Gasteiger charge is -2.07. The van der Waals surface area contributed by atoms with Gasteiger partial charge in [-0.05, 0) is 31.5 Å². The molecule has 0 aliphatic rings. The first-order valence-corrected chi connectivity index (χ1v) is 9.08. The lowest BCUT2D eigenvalue weighted by atomic mass is 10.1. The summed E-state index contributed by atoms with van der Waals surface area (Å²) in [6.07, 6.45) is 0.890. The fourth-order valence-electron chi connectivity index (χ4n) is 3.08. The molecule has 0 N–H and O–H groups in total. The highest BCUT2D eigenvalue weighted by Crippen LogP contribution is 2.36. The Morgan fingerprint density at radius 3 is 2.52 bits per heavy atom. The predicted octanol–water partition coefficient (Wildman–Crippen LogP) is 5.81. The van der Waals surface area contributed by atoms with E-state index in [0.29, 0.717) is 11.4 Å². The van der Waals surface area contributed by atoms with Crippen LogP contribution in [0.2, 0.25) is 5.02 Å². The van der Waals surface area contributed by atoms with Gasteiger partial charge in [-0.2, -0.15) is 0 Å². The van der Waals surface area contributed by atoms with Gasteiger partial charge in [-0.1, -0.05) is 48.0 Å². The number of fused-ring (bicyclic) bond motifs is 1. The molecule has 0 saturated heterocycles. The van der Waals surface area contributed by atoms with Crippen molar-refractivity contribution in [3.63, 3.8) is 0 Å². The van der Waals surface area contributed by atoms with Crippen LogP contribution in [0.4, 0.5) is 0 Å². The van der Waals surface area contributed by atoms with Gasteiger partial charge in [-0.25, -0.2) is 4.98 Å². The molecule has 0 amide bonds. The van der Waals surface area contributed by atoms with E-state index in [1.165, 1.54) is 0 Å². The summed E-state index contributed by atoms with van der Waals surface area (Å²) in [4.78, 5) is 18.6. The van der Waals surface area contributed by atoms with Crippen LogP contribution in [-0.2, 0) is 0 Å². The smallest absolute Gasteiger partial charge is 0.195 e. The number of hydrogen-bond acceptors (Lipinski definition) is 3. The first kappa shape index (κ1) is 16.1. The van der Waals surface area contributed by atoms with Gasteiger partial charge in [0.15, 0.2) is 11.2 Å². The van der Waals surface area contributed by atoms with Crippen molar-refractivity contribution < 1.29 is 4.79 Å². The van der Waals surface area contributed by atoms with Crippen LogP contribution in [0.1, 0.15) is 20.9 Å². The Morgan fingerprint density at radius 2 is 1.84 bits per heavy atom. The van der Waals surface area contributed by atoms with Crippen molar-refractivity contribution in [2.45, 2.75) is 13.8 Å². The van der Waals surface area contributed by atoms with Crippen molar-refractivity contribution in [1.29, 1.82) is 0 Å². The standard InChI is InChI=1S/C20H15ClN2OS/c1-12-10-15(8-9-16(12)21)19-13(2)25-20-22-18(17(11-24)23(19)20)14-6-4-3-5-7-14/h3-11H,1-2H3. The summed E-state index contributed by atoms with van der Waals surface area (Å²) in [5.41, 5.74) is 5.27. The second-order valence-corrected chi connectivity index (χ2v) is 7.51. The number of rotatable bonds is 3. The number of aromatic nitrogens is 2. The molecule has 0 saturated carbocycles. The molecule has 2 heterocycles. The third-order valence-corrected chi connectivity index (χ3v) is 5.65. The lowest BCUT2D eigenvalue weighted by molar-refractivity contribution is 0.111. The highest BCUT2D eigenvalue weighted by molar-refractivity contribution is 7.17. The highest BCUT2D eigenvalue weighted by Gasteiger charge is 2.21. The number of imidazole rings is 1. The van der Waals surface area contributed by atoms with Crippen LogP contribution >= 0.6 is 22.9 Å². The minimum Gasteiger partial charge on any atom is -0.296 e. The summed E-state index contributed by atoms with van der Waals surface area (Å²) in [7, 11) is 0. The van der Waals surface area contributed by atoms with E-state index in [2.05, 4.69) is 6.92 Å². The third-order valence-electron chi connectivity index (χ3n) is 4.27. The van der Waals surface area contributed by atoms with Crippen LogP contribution in [-0.4, -0.2) is 15.7 Å². The zero-order valence-electron chi connectivity index (χ0n) is 13.8. The molecule has 4 rings (SSSR count).